The first kappa shape index (κ1) is 15.5. The third-order valence-corrected chi connectivity index (χ3v) is 3.72. The molecule has 0 bridgehead atoms. The summed E-state index contributed by atoms with van der Waals surface area (Å²) >= 11 is 6.05. The minimum Gasteiger partial charge on any atom is -0.263 e. The average Bonchev–Trinajstić information content (AvgIpc) is 2.37. The van der Waals surface area contributed by atoms with Gasteiger partial charge in [0.25, 0.3) is 0 Å². The van der Waals surface area contributed by atoms with E-state index in [4.69, 9.17) is 11.6 Å². The third kappa shape index (κ3) is 5.86. The van der Waals surface area contributed by atoms with Gasteiger partial charge in [-0.15, -0.1) is 0 Å². The predicted molar refractivity (Wildman–Crippen MR) is 80.3 cm³/mol. The molecule has 1 nitrogen and oxygen atoms in total. The Morgan fingerprint density at radius 2 is 1.61 bits per heavy atom. The van der Waals surface area contributed by atoms with Gasteiger partial charge in [-0.05, 0) is 30.4 Å². The molecule has 1 aromatic rings. The molecule has 102 valence electrons. The van der Waals surface area contributed by atoms with Crippen LogP contribution in [0.15, 0.2) is 18.5 Å². The highest BCUT2D eigenvalue weighted by atomic mass is 35.5. The van der Waals surface area contributed by atoms with Crippen molar-refractivity contribution in [1.29, 1.82) is 0 Å². The molecule has 0 spiro atoms. The molecule has 0 atom stereocenters. The molecule has 0 radical (unpaired) electrons. The summed E-state index contributed by atoms with van der Waals surface area (Å²) in [6.07, 6.45) is 14.1. The van der Waals surface area contributed by atoms with Gasteiger partial charge < -0.3 is 0 Å². The lowest BCUT2D eigenvalue weighted by Crippen LogP contribution is -2.00. The average molecular weight is 268 g/mol. The molecule has 1 rings (SSSR count). The summed E-state index contributed by atoms with van der Waals surface area (Å²) in [7, 11) is 0. The summed E-state index contributed by atoms with van der Waals surface area (Å²) in [6.45, 7) is 4.51. The van der Waals surface area contributed by atoms with E-state index < -0.39 is 0 Å². The number of nitrogens with zero attached hydrogens (tertiary/aromatic N) is 1. The van der Waals surface area contributed by atoms with Gasteiger partial charge in [0.1, 0.15) is 0 Å². The number of aromatic nitrogens is 1. The molecule has 0 aromatic carbocycles. The maximum absolute atomic E-state index is 6.05. The Balaban J connectivity index is 2.57. The van der Waals surface area contributed by atoms with Crippen LogP contribution in [0.25, 0.3) is 0 Å². The monoisotopic (exact) mass is 267 g/mol. The molecule has 1 aromatic heterocycles. The van der Waals surface area contributed by atoms with Crippen LogP contribution in [0.5, 0.6) is 0 Å². The first-order valence-electron chi connectivity index (χ1n) is 7.38. The lowest BCUT2D eigenvalue weighted by Gasteiger charge is -2.17. The first-order valence-corrected chi connectivity index (χ1v) is 7.76. The number of unbranched alkanes of at least 4 members (excludes halogenated alkanes) is 4. The Morgan fingerprint density at radius 3 is 2.11 bits per heavy atom. The Bertz CT molecular complexity index is 315. The number of hydrogen-bond donors (Lipinski definition) is 0. The maximum Gasteiger partial charge on any atom is 0.0592 e. The van der Waals surface area contributed by atoms with E-state index in [9.17, 15) is 0 Å². The Morgan fingerprint density at radius 1 is 1.00 bits per heavy atom. The Labute approximate surface area is 117 Å². The van der Waals surface area contributed by atoms with E-state index >= 15 is 0 Å². The standard InChI is InChI=1S/C16H26ClN/c1-3-5-7-9-14(10-8-6-4-2)15-11-16(17)13-18-12-15/h11-14H,3-10H2,1-2H3. The molecule has 0 saturated carbocycles. The zero-order chi connectivity index (χ0) is 13.2. The van der Waals surface area contributed by atoms with Crippen LogP contribution in [0.3, 0.4) is 0 Å². The van der Waals surface area contributed by atoms with Gasteiger partial charge in [-0.1, -0.05) is 64.0 Å². The fraction of sp³-hybridized carbons (Fsp3) is 0.688. The minimum absolute atomic E-state index is 0.647. The molecule has 0 aliphatic carbocycles. The SMILES string of the molecule is CCCCCC(CCCCC)c1cncc(Cl)c1. The normalized spacial score (nSPS) is 11.1. The van der Waals surface area contributed by atoms with Crippen LogP contribution < -0.4 is 0 Å². The zero-order valence-corrected chi connectivity index (χ0v) is 12.5. The fourth-order valence-corrected chi connectivity index (χ4v) is 2.59. The molecule has 0 amide bonds. The van der Waals surface area contributed by atoms with E-state index in [1.807, 2.05) is 6.20 Å². The maximum atomic E-state index is 6.05. The van der Waals surface area contributed by atoms with Gasteiger partial charge in [-0.3, -0.25) is 4.98 Å². The molecule has 0 saturated heterocycles. The summed E-state index contributed by atoms with van der Waals surface area (Å²) in [4.78, 5) is 4.23. The highest BCUT2D eigenvalue weighted by Gasteiger charge is 2.11. The van der Waals surface area contributed by atoms with E-state index in [1.54, 1.807) is 6.20 Å². The van der Waals surface area contributed by atoms with Gasteiger partial charge >= 0.3 is 0 Å². The highest BCUT2D eigenvalue weighted by molar-refractivity contribution is 6.30. The van der Waals surface area contributed by atoms with E-state index in [0.29, 0.717) is 5.92 Å². The van der Waals surface area contributed by atoms with Gasteiger partial charge in [0.2, 0.25) is 0 Å². The summed E-state index contributed by atoms with van der Waals surface area (Å²) in [5.41, 5.74) is 1.33. The van der Waals surface area contributed by atoms with Crippen LogP contribution in [-0.4, -0.2) is 4.98 Å². The smallest absolute Gasteiger partial charge is 0.0592 e. The van der Waals surface area contributed by atoms with Gasteiger partial charge in [0, 0.05) is 12.4 Å². The van der Waals surface area contributed by atoms with E-state index in [-0.39, 0.29) is 0 Å². The number of hydrogen-bond acceptors (Lipinski definition) is 1. The quantitative estimate of drug-likeness (QED) is 0.502. The zero-order valence-electron chi connectivity index (χ0n) is 11.8. The van der Waals surface area contributed by atoms with Gasteiger partial charge in [0.05, 0.1) is 5.02 Å². The minimum atomic E-state index is 0.647. The largest absolute Gasteiger partial charge is 0.263 e. The second-order valence-electron chi connectivity index (χ2n) is 5.12. The Hall–Kier alpha value is -0.560. The van der Waals surface area contributed by atoms with Gasteiger partial charge in [-0.2, -0.15) is 0 Å². The van der Waals surface area contributed by atoms with Crippen LogP contribution in [0.1, 0.15) is 76.7 Å². The second kappa shape index (κ2) is 9.38. The molecule has 1 heterocycles. The van der Waals surface area contributed by atoms with Crippen molar-refractivity contribution < 1.29 is 0 Å². The summed E-state index contributed by atoms with van der Waals surface area (Å²) in [5.74, 6) is 0.647. The van der Waals surface area contributed by atoms with Crippen molar-refractivity contribution in [1.82, 2.24) is 4.98 Å². The molecule has 18 heavy (non-hydrogen) atoms. The molecule has 2 heteroatoms. The second-order valence-corrected chi connectivity index (χ2v) is 5.56. The molecule has 0 aliphatic rings. The van der Waals surface area contributed by atoms with Crippen molar-refractivity contribution in [2.45, 2.75) is 71.1 Å². The summed E-state index contributed by atoms with van der Waals surface area (Å²) < 4.78 is 0. The van der Waals surface area contributed by atoms with Crippen molar-refractivity contribution >= 4 is 11.6 Å². The van der Waals surface area contributed by atoms with Crippen LogP contribution >= 0.6 is 11.6 Å². The molecule has 0 N–H and O–H groups in total. The number of halogens is 1. The highest BCUT2D eigenvalue weighted by Crippen LogP contribution is 2.29. The molecule has 0 unspecified atom stereocenters. The molecule has 0 aliphatic heterocycles. The van der Waals surface area contributed by atoms with Crippen molar-refractivity contribution in [3.63, 3.8) is 0 Å². The van der Waals surface area contributed by atoms with Crippen molar-refractivity contribution in [3.8, 4) is 0 Å². The van der Waals surface area contributed by atoms with Crippen LogP contribution in [0, 0.1) is 0 Å². The molecular formula is C16H26ClN. The summed E-state index contributed by atoms with van der Waals surface area (Å²) in [6, 6.07) is 2.09. The lowest BCUT2D eigenvalue weighted by atomic mass is 9.89. The van der Waals surface area contributed by atoms with E-state index in [0.717, 1.165) is 5.02 Å². The number of pyridine rings is 1. The Kier molecular flexibility index (Phi) is 8.08. The fourth-order valence-electron chi connectivity index (χ4n) is 2.41. The topological polar surface area (TPSA) is 12.9 Å². The molecular weight excluding hydrogens is 242 g/mol. The van der Waals surface area contributed by atoms with Gasteiger partial charge in [-0.25, -0.2) is 0 Å². The predicted octanol–water partition coefficient (Wildman–Crippen LogP) is 5.98. The van der Waals surface area contributed by atoms with E-state index in [1.165, 1.54) is 56.9 Å². The van der Waals surface area contributed by atoms with E-state index in [2.05, 4.69) is 24.9 Å². The van der Waals surface area contributed by atoms with Crippen molar-refractivity contribution in [3.05, 3.63) is 29.0 Å². The lowest BCUT2D eigenvalue weighted by molar-refractivity contribution is 0.505. The first-order chi connectivity index (χ1) is 8.77. The van der Waals surface area contributed by atoms with Crippen LogP contribution in [0.4, 0.5) is 0 Å². The van der Waals surface area contributed by atoms with Crippen molar-refractivity contribution in [2.24, 2.45) is 0 Å². The van der Waals surface area contributed by atoms with Crippen molar-refractivity contribution in [2.75, 3.05) is 0 Å². The molecule has 0 fully saturated rings. The van der Waals surface area contributed by atoms with Crippen LogP contribution in [-0.2, 0) is 0 Å². The third-order valence-electron chi connectivity index (χ3n) is 3.51. The van der Waals surface area contributed by atoms with Gasteiger partial charge in [0.15, 0.2) is 0 Å². The summed E-state index contributed by atoms with van der Waals surface area (Å²) in [5, 5.41) is 0.767. The number of rotatable bonds is 9. The van der Waals surface area contributed by atoms with Crippen LogP contribution in [0.2, 0.25) is 5.02 Å².